The van der Waals surface area contributed by atoms with Crippen LogP contribution in [0.2, 0.25) is 0 Å². The molecule has 0 N–H and O–H groups in total. The lowest BCUT2D eigenvalue weighted by Crippen LogP contribution is -1.97. The van der Waals surface area contributed by atoms with E-state index in [1.807, 2.05) is 12.3 Å². The van der Waals surface area contributed by atoms with Crippen LogP contribution in [0.3, 0.4) is 0 Å². The minimum Gasteiger partial charge on any atom is -0.272 e. The average Bonchev–Trinajstić information content (AvgIpc) is 3.00. The molecule has 0 aliphatic carbocycles. The van der Waals surface area contributed by atoms with E-state index in [1.165, 1.54) is 56.1 Å². The first-order chi connectivity index (χ1) is 10.4. The van der Waals surface area contributed by atoms with Crippen LogP contribution in [-0.2, 0) is 6.54 Å². The molecule has 114 valence electrons. The van der Waals surface area contributed by atoms with Gasteiger partial charge < -0.3 is 0 Å². The Bertz CT molecular complexity index is 493. The fourth-order valence-corrected chi connectivity index (χ4v) is 2.91. The maximum absolute atomic E-state index is 4.46. The molecule has 0 aliphatic heterocycles. The number of halogens is 1. The summed E-state index contributed by atoms with van der Waals surface area (Å²) in [6.45, 7) is 1.04. The molecule has 0 atom stereocenters. The summed E-state index contributed by atoms with van der Waals surface area (Å²) in [6.07, 6.45) is 13.5. The predicted molar refractivity (Wildman–Crippen MR) is 93.8 cm³/mol. The number of hydrogen-bond donors (Lipinski definition) is 0. The number of hydrogen-bond acceptors (Lipinski definition) is 1. The molecule has 2 nitrogen and oxygen atoms in total. The van der Waals surface area contributed by atoms with Gasteiger partial charge in [0.2, 0.25) is 0 Å². The molecule has 0 bridgehead atoms. The number of nitrogens with zero attached hydrogens (tertiary/aromatic N) is 2. The Balaban J connectivity index is 1.63. The molecule has 0 saturated heterocycles. The summed E-state index contributed by atoms with van der Waals surface area (Å²) >= 11 is 3.48. The Morgan fingerprint density at radius 1 is 0.810 bits per heavy atom. The van der Waals surface area contributed by atoms with E-state index in [4.69, 9.17) is 0 Å². The van der Waals surface area contributed by atoms with Gasteiger partial charge in [-0.15, -0.1) is 0 Å². The molecular weight excluding hydrogens is 324 g/mol. The molecule has 0 aliphatic rings. The fourth-order valence-electron chi connectivity index (χ4n) is 2.52. The molecular formula is C18H25BrN2. The van der Waals surface area contributed by atoms with Crippen LogP contribution in [0.25, 0.3) is 11.1 Å². The Morgan fingerprint density at radius 2 is 1.48 bits per heavy atom. The molecule has 0 fully saturated rings. The van der Waals surface area contributed by atoms with Gasteiger partial charge in [-0.1, -0.05) is 78.4 Å². The monoisotopic (exact) mass is 348 g/mol. The average molecular weight is 349 g/mol. The molecule has 0 saturated carbocycles. The highest BCUT2D eigenvalue weighted by molar-refractivity contribution is 9.09. The van der Waals surface area contributed by atoms with Crippen LogP contribution < -0.4 is 0 Å². The van der Waals surface area contributed by atoms with E-state index in [1.54, 1.807) is 0 Å². The van der Waals surface area contributed by atoms with Crippen molar-refractivity contribution in [2.45, 2.75) is 51.5 Å². The molecule has 2 aromatic rings. The summed E-state index contributed by atoms with van der Waals surface area (Å²) < 4.78 is 2.08. The standard InChI is InChI=1S/C18H25BrN2/c19-13-9-4-2-1-3-5-10-14-21-16-18(15-20-21)17-11-7-6-8-12-17/h6-8,11-12,15-16H,1-5,9-10,13-14H2. The molecule has 0 spiro atoms. The van der Waals surface area contributed by atoms with Crippen molar-refractivity contribution >= 4 is 15.9 Å². The maximum Gasteiger partial charge on any atom is 0.0568 e. The van der Waals surface area contributed by atoms with Crippen LogP contribution in [0.5, 0.6) is 0 Å². The molecule has 1 heterocycles. The van der Waals surface area contributed by atoms with Gasteiger partial charge in [-0.25, -0.2) is 0 Å². The second-order valence-electron chi connectivity index (χ2n) is 5.52. The van der Waals surface area contributed by atoms with Gasteiger partial charge in [0.05, 0.1) is 6.20 Å². The van der Waals surface area contributed by atoms with Crippen molar-refractivity contribution in [3.05, 3.63) is 42.7 Å². The third-order valence-electron chi connectivity index (χ3n) is 3.76. The third-order valence-corrected chi connectivity index (χ3v) is 4.32. The number of alkyl halides is 1. The number of unbranched alkanes of at least 4 members (excludes halogenated alkanes) is 6. The lowest BCUT2D eigenvalue weighted by Gasteiger charge is -2.02. The number of rotatable bonds is 10. The van der Waals surface area contributed by atoms with Crippen LogP contribution in [0.15, 0.2) is 42.7 Å². The topological polar surface area (TPSA) is 17.8 Å². The lowest BCUT2D eigenvalue weighted by atomic mass is 10.1. The lowest BCUT2D eigenvalue weighted by molar-refractivity contribution is 0.524. The summed E-state index contributed by atoms with van der Waals surface area (Å²) in [5.41, 5.74) is 2.46. The van der Waals surface area contributed by atoms with Crippen LogP contribution in [0, 0.1) is 0 Å². The van der Waals surface area contributed by atoms with Gasteiger partial charge >= 0.3 is 0 Å². The van der Waals surface area contributed by atoms with Crippen molar-refractivity contribution in [2.75, 3.05) is 5.33 Å². The normalized spacial score (nSPS) is 10.9. The summed E-state index contributed by atoms with van der Waals surface area (Å²) in [7, 11) is 0. The van der Waals surface area contributed by atoms with Crippen molar-refractivity contribution in [3.63, 3.8) is 0 Å². The first-order valence-corrected chi connectivity index (χ1v) is 9.16. The van der Waals surface area contributed by atoms with E-state index in [2.05, 4.69) is 56.2 Å². The van der Waals surface area contributed by atoms with Crippen LogP contribution in [-0.4, -0.2) is 15.1 Å². The fraction of sp³-hybridized carbons (Fsp3) is 0.500. The smallest absolute Gasteiger partial charge is 0.0568 e. The van der Waals surface area contributed by atoms with Crippen molar-refractivity contribution in [2.24, 2.45) is 0 Å². The van der Waals surface area contributed by atoms with Crippen LogP contribution >= 0.6 is 15.9 Å². The molecule has 1 aromatic heterocycles. The van der Waals surface area contributed by atoms with Gasteiger partial charge in [0, 0.05) is 23.6 Å². The zero-order valence-corrected chi connectivity index (χ0v) is 14.3. The second kappa shape index (κ2) is 9.78. The largest absolute Gasteiger partial charge is 0.272 e. The number of aryl methyl sites for hydroxylation is 1. The quantitative estimate of drug-likeness (QED) is 0.399. The SMILES string of the molecule is BrCCCCCCCCCn1cc(-c2ccccc2)cn1. The summed E-state index contributed by atoms with van der Waals surface area (Å²) in [4.78, 5) is 0. The summed E-state index contributed by atoms with van der Waals surface area (Å²) in [6, 6.07) is 10.5. The van der Waals surface area contributed by atoms with Crippen molar-refractivity contribution in [3.8, 4) is 11.1 Å². The molecule has 0 amide bonds. The van der Waals surface area contributed by atoms with Crippen LogP contribution in [0.1, 0.15) is 44.9 Å². The van der Waals surface area contributed by atoms with Crippen molar-refractivity contribution in [1.82, 2.24) is 9.78 Å². The zero-order chi connectivity index (χ0) is 14.8. The Morgan fingerprint density at radius 3 is 2.19 bits per heavy atom. The molecule has 3 heteroatoms. The van der Waals surface area contributed by atoms with Gasteiger partial charge in [-0.05, 0) is 18.4 Å². The van der Waals surface area contributed by atoms with Crippen molar-refractivity contribution in [1.29, 1.82) is 0 Å². The summed E-state index contributed by atoms with van der Waals surface area (Å²) in [5.74, 6) is 0. The van der Waals surface area contributed by atoms with Gasteiger partial charge in [0.15, 0.2) is 0 Å². The van der Waals surface area contributed by atoms with Gasteiger partial charge in [-0.2, -0.15) is 5.10 Å². The number of benzene rings is 1. The van der Waals surface area contributed by atoms with Gasteiger partial charge in [0.1, 0.15) is 0 Å². The van der Waals surface area contributed by atoms with E-state index in [0.717, 1.165) is 11.9 Å². The first kappa shape index (κ1) is 16.3. The molecule has 2 rings (SSSR count). The Labute approximate surface area is 136 Å². The van der Waals surface area contributed by atoms with E-state index < -0.39 is 0 Å². The Kier molecular flexibility index (Phi) is 7.58. The first-order valence-electron chi connectivity index (χ1n) is 8.04. The van der Waals surface area contributed by atoms with E-state index in [9.17, 15) is 0 Å². The Hall–Kier alpha value is -1.09. The van der Waals surface area contributed by atoms with Crippen molar-refractivity contribution < 1.29 is 0 Å². The van der Waals surface area contributed by atoms with E-state index >= 15 is 0 Å². The van der Waals surface area contributed by atoms with Gasteiger partial charge in [0.25, 0.3) is 0 Å². The highest BCUT2D eigenvalue weighted by atomic mass is 79.9. The maximum atomic E-state index is 4.46. The minimum atomic E-state index is 1.04. The molecule has 1 aromatic carbocycles. The molecule has 21 heavy (non-hydrogen) atoms. The second-order valence-corrected chi connectivity index (χ2v) is 6.31. The highest BCUT2D eigenvalue weighted by Crippen LogP contribution is 2.18. The van der Waals surface area contributed by atoms with E-state index in [0.29, 0.717) is 0 Å². The minimum absolute atomic E-state index is 1.04. The highest BCUT2D eigenvalue weighted by Gasteiger charge is 2.00. The molecule has 0 radical (unpaired) electrons. The van der Waals surface area contributed by atoms with Crippen LogP contribution in [0.4, 0.5) is 0 Å². The number of aromatic nitrogens is 2. The zero-order valence-electron chi connectivity index (χ0n) is 12.7. The molecule has 0 unspecified atom stereocenters. The third kappa shape index (κ3) is 6.04. The van der Waals surface area contributed by atoms with Gasteiger partial charge in [-0.3, -0.25) is 4.68 Å². The van der Waals surface area contributed by atoms with E-state index in [-0.39, 0.29) is 0 Å². The summed E-state index contributed by atoms with van der Waals surface area (Å²) in [5, 5.41) is 5.61. The predicted octanol–water partition coefficient (Wildman–Crippen LogP) is 5.68.